The molecule has 0 amide bonds. The standard InChI is InChI=1S/C33H31N5O/c1-22(39)24-12-13-26(28-20-36(2)29-10-5-3-8-25(28)29)33-32(24)27-9-4-6-11-30(27)38(33)23-14-18-37(19-15-23)21-31-34-16-7-17-35-31/h3-13,16-17,20,23H,14-15,18-19,21H2,1-2H3. The van der Waals surface area contributed by atoms with Gasteiger partial charge in [0.1, 0.15) is 5.82 Å². The summed E-state index contributed by atoms with van der Waals surface area (Å²) < 4.78 is 4.75. The highest BCUT2D eigenvalue weighted by molar-refractivity contribution is 6.22. The zero-order chi connectivity index (χ0) is 26.5. The Hall–Kier alpha value is -4.29. The largest absolute Gasteiger partial charge is 0.350 e. The van der Waals surface area contributed by atoms with Crippen LogP contribution in [-0.4, -0.2) is 42.9 Å². The van der Waals surface area contributed by atoms with Gasteiger partial charge in [0.05, 0.1) is 12.1 Å². The third-order valence-electron chi connectivity index (χ3n) is 8.32. The Morgan fingerprint density at radius 3 is 2.28 bits per heavy atom. The maximum Gasteiger partial charge on any atom is 0.160 e. The van der Waals surface area contributed by atoms with Crippen molar-refractivity contribution in [3.63, 3.8) is 0 Å². The van der Waals surface area contributed by atoms with E-state index in [0.717, 1.165) is 54.6 Å². The van der Waals surface area contributed by atoms with Gasteiger partial charge in [0, 0.05) is 88.7 Å². The lowest BCUT2D eigenvalue weighted by atomic mass is 9.96. The summed E-state index contributed by atoms with van der Waals surface area (Å²) in [6, 6.07) is 23.5. The Kier molecular flexibility index (Phi) is 5.78. The van der Waals surface area contributed by atoms with Crippen LogP contribution in [-0.2, 0) is 13.6 Å². The van der Waals surface area contributed by atoms with Crippen LogP contribution >= 0.6 is 0 Å². The van der Waals surface area contributed by atoms with Gasteiger partial charge in [-0.15, -0.1) is 0 Å². The second-order valence-corrected chi connectivity index (χ2v) is 10.7. The fourth-order valence-corrected chi connectivity index (χ4v) is 6.52. The molecule has 0 atom stereocenters. The average molecular weight is 514 g/mol. The molecular formula is C33H31N5O. The molecule has 0 saturated carbocycles. The minimum atomic E-state index is 0.102. The van der Waals surface area contributed by atoms with E-state index in [1.54, 1.807) is 6.92 Å². The number of carbonyl (C=O) groups is 1. The van der Waals surface area contributed by atoms with Gasteiger partial charge in [-0.2, -0.15) is 0 Å². The average Bonchev–Trinajstić information content (AvgIpc) is 3.49. The van der Waals surface area contributed by atoms with E-state index in [-0.39, 0.29) is 5.78 Å². The van der Waals surface area contributed by atoms with Gasteiger partial charge >= 0.3 is 0 Å². The molecule has 6 nitrogen and oxygen atoms in total. The second kappa shape index (κ2) is 9.47. The molecule has 3 aromatic heterocycles. The van der Waals surface area contributed by atoms with Crippen LogP contribution in [0, 0.1) is 0 Å². The maximum atomic E-state index is 12.9. The molecule has 0 unspecified atom stereocenters. The molecule has 194 valence electrons. The van der Waals surface area contributed by atoms with E-state index in [1.165, 1.54) is 33.1 Å². The van der Waals surface area contributed by atoms with Crippen LogP contribution in [0.1, 0.15) is 42.0 Å². The number of Topliss-reactive ketones (excluding diaryl/α,β-unsaturated/α-hetero) is 1. The Morgan fingerprint density at radius 2 is 1.54 bits per heavy atom. The number of benzene rings is 3. The van der Waals surface area contributed by atoms with Gasteiger partial charge in [-0.05, 0) is 38.0 Å². The highest BCUT2D eigenvalue weighted by Crippen LogP contribution is 2.43. The fourth-order valence-electron chi connectivity index (χ4n) is 6.52. The Morgan fingerprint density at radius 1 is 0.846 bits per heavy atom. The van der Waals surface area contributed by atoms with Gasteiger partial charge in [-0.3, -0.25) is 9.69 Å². The number of hydrogen-bond donors (Lipinski definition) is 0. The molecule has 0 bridgehead atoms. The monoisotopic (exact) mass is 513 g/mol. The van der Waals surface area contributed by atoms with Crippen molar-refractivity contribution in [3.05, 3.63) is 96.7 Å². The smallest absolute Gasteiger partial charge is 0.160 e. The molecule has 39 heavy (non-hydrogen) atoms. The van der Waals surface area contributed by atoms with Gasteiger partial charge in [0.2, 0.25) is 0 Å². The lowest BCUT2D eigenvalue weighted by molar-refractivity contribution is 0.101. The lowest BCUT2D eigenvalue weighted by Gasteiger charge is -2.33. The molecular weight excluding hydrogens is 482 g/mol. The number of aromatic nitrogens is 4. The van der Waals surface area contributed by atoms with Crippen molar-refractivity contribution in [2.24, 2.45) is 7.05 Å². The molecule has 0 radical (unpaired) electrons. The predicted molar refractivity (Wildman–Crippen MR) is 157 cm³/mol. The third kappa shape index (κ3) is 3.94. The summed E-state index contributed by atoms with van der Waals surface area (Å²) in [7, 11) is 2.11. The topological polar surface area (TPSA) is 56.0 Å². The van der Waals surface area contributed by atoms with E-state index in [2.05, 4.69) is 91.8 Å². The molecule has 1 fully saturated rings. The molecule has 7 rings (SSSR count). The minimum absolute atomic E-state index is 0.102. The van der Waals surface area contributed by atoms with E-state index in [1.807, 2.05) is 24.5 Å². The van der Waals surface area contributed by atoms with Gasteiger partial charge in [-0.1, -0.05) is 48.5 Å². The van der Waals surface area contributed by atoms with Crippen molar-refractivity contribution in [1.82, 2.24) is 24.0 Å². The fraction of sp³-hybridized carbons (Fsp3) is 0.242. The molecule has 1 aliphatic rings. The first-order valence-electron chi connectivity index (χ1n) is 13.7. The molecule has 4 heterocycles. The van der Waals surface area contributed by atoms with E-state index < -0.39 is 0 Å². The highest BCUT2D eigenvalue weighted by atomic mass is 16.1. The number of aryl methyl sites for hydroxylation is 1. The van der Waals surface area contributed by atoms with Crippen LogP contribution in [0.15, 0.2) is 85.3 Å². The minimum Gasteiger partial charge on any atom is -0.350 e. The summed E-state index contributed by atoms with van der Waals surface area (Å²) in [5, 5.41) is 3.45. The molecule has 3 aromatic carbocycles. The van der Waals surface area contributed by atoms with E-state index in [0.29, 0.717) is 6.04 Å². The molecule has 1 aliphatic heterocycles. The Balaban J connectivity index is 1.41. The number of piperidine rings is 1. The molecule has 0 aliphatic carbocycles. The number of ketones is 1. The molecule has 1 saturated heterocycles. The van der Waals surface area contributed by atoms with Crippen LogP contribution in [0.4, 0.5) is 0 Å². The van der Waals surface area contributed by atoms with E-state index >= 15 is 0 Å². The van der Waals surface area contributed by atoms with Crippen LogP contribution in [0.2, 0.25) is 0 Å². The van der Waals surface area contributed by atoms with Gasteiger partial charge in [0.15, 0.2) is 5.78 Å². The first-order chi connectivity index (χ1) is 19.1. The first kappa shape index (κ1) is 23.8. The number of carbonyl (C=O) groups excluding carboxylic acids is 1. The lowest BCUT2D eigenvalue weighted by Crippen LogP contribution is -2.34. The van der Waals surface area contributed by atoms with Crippen molar-refractivity contribution >= 4 is 38.5 Å². The number of fused-ring (bicyclic) bond motifs is 4. The zero-order valence-electron chi connectivity index (χ0n) is 22.3. The molecule has 6 heteroatoms. The van der Waals surface area contributed by atoms with Crippen molar-refractivity contribution in [3.8, 4) is 11.1 Å². The molecule has 0 N–H and O–H groups in total. The summed E-state index contributed by atoms with van der Waals surface area (Å²) in [6.07, 6.45) is 7.92. The predicted octanol–water partition coefficient (Wildman–Crippen LogP) is 6.78. The van der Waals surface area contributed by atoms with Crippen LogP contribution in [0.5, 0.6) is 0 Å². The molecule has 6 aromatic rings. The van der Waals surface area contributed by atoms with E-state index in [9.17, 15) is 4.79 Å². The summed E-state index contributed by atoms with van der Waals surface area (Å²) in [4.78, 5) is 24.2. The van der Waals surface area contributed by atoms with Crippen LogP contribution in [0.25, 0.3) is 43.8 Å². The van der Waals surface area contributed by atoms with Crippen LogP contribution in [0.3, 0.4) is 0 Å². The van der Waals surface area contributed by atoms with Crippen molar-refractivity contribution in [1.29, 1.82) is 0 Å². The number of para-hydroxylation sites is 2. The van der Waals surface area contributed by atoms with Crippen molar-refractivity contribution in [2.45, 2.75) is 32.4 Å². The van der Waals surface area contributed by atoms with Crippen molar-refractivity contribution < 1.29 is 4.79 Å². The Labute approximate surface area is 227 Å². The normalized spacial score (nSPS) is 15.0. The highest BCUT2D eigenvalue weighted by Gasteiger charge is 2.28. The maximum absolute atomic E-state index is 12.9. The second-order valence-electron chi connectivity index (χ2n) is 10.7. The van der Waals surface area contributed by atoms with Crippen molar-refractivity contribution in [2.75, 3.05) is 13.1 Å². The summed E-state index contributed by atoms with van der Waals surface area (Å²) in [6.45, 7) is 4.42. The third-order valence-corrected chi connectivity index (χ3v) is 8.32. The quantitative estimate of drug-likeness (QED) is 0.238. The van der Waals surface area contributed by atoms with E-state index in [4.69, 9.17) is 0 Å². The summed E-state index contributed by atoms with van der Waals surface area (Å²) in [5.74, 6) is 0.974. The van der Waals surface area contributed by atoms with Gasteiger partial charge in [0.25, 0.3) is 0 Å². The number of rotatable bonds is 5. The van der Waals surface area contributed by atoms with Crippen LogP contribution < -0.4 is 0 Å². The number of likely N-dealkylation sites (tertiary alicyclic amines) is 1. The number of hydrogen-bond acceptors (Lipinski definition) is 4. The van der Waals surface area contributed by atoms with Gasteiger partial charge in [-0.25, -0.2) is 9.97 Å². The number of nitrogens with zero attached hydrogens (tertiary/aromatic N) is 5. The summed E-state index contributed by atoms with van der Waals surface area (Å²) in [5.41, 5.74) is 6.76. The molecule has 0 spiro atoms. The van der Waals surface area contributed by atoms with Gasteiger partial charge < -0.3 is 9.13 Å². The zero-order valence-corrected chi connectivity index (χ0v) is 22.3. The SMILES string of the molecule is CC(=O)c1ccc(-c2cn(C)c3ccccc23)c2c1c1ccccc1n2C1CCN(Cc2ncccn2)CC1. The Bertz CT molecular complexity index is 1840. The first-order valence-corrected chi connectivity index (χ1v) is 13.7. The summed E-state index contributed by atoms with van der Waals surface area (Å²) >= 11 is 0.